The molecular formula is C18H20N2O6S. The third kappa shape index (κ3) is 4.15. The number of phenols is 3. The van der Waals surface area contributed by atoms with Crippen molar-refractivity contribution in [2.75, 3.05) is 18.4 Å². The first-order valence-electron chi connectivity index (χ1n) is 8.41. The second kappa shape index (κ2) is 7.45. The fourth-order valence-corrected chi connectivity index (χ4v) is 4.53. The Bertz CT molecular complexity index is 945. The van der Waals surface area contributed by atoms with Crippen LogP contribution in [0.2, 0.25) is 0 Å². The summed E-state index contributed by atoms with van der Waals surface area (Å²) in [7, 11) is -3.58. The van der Waals surface area contributed by atoms with Crippen LogP contribution in [0.4, 0.5) is 5.69 Å². The molecule has 1 saturated heterocycles. The molecule has 1 aliphatic heterocycles. The van der Waals surface area contributed by atoms with Gasteiger partial charge in [-0.2, -0.15) is 4.31 Å². The van der Waals surface area contributed by atoms with E-state index in [9.17, 15) is 28.5 Å². The number of hydrogen-bond acceptors (Lipinski definition) is 6. The molecule has 0 atom stereocenters. The van der Waals surface area contributed by atoms with E-state index >= 15 is 0 Å². The maximum atomic E-state index is 12.6. The molecule has 0 bridgehead atoms. The van der Waals surface area contributed by atoms with Crippen LogP contribution in [0.1, 0.15) is 18.4 Å². The SMILES string of the molecule is O=C(Cc1cc(O)c(O)c(O)c1)Nc1cccc(S(=O)(=O)N2CCCC2)c1. The molecule has 8 nitrogen and oxygen atoms in total. The second-order valence-corrected chi connectivity index (χ2v) is 8.28. The molecule has 27 heavy (non-hydrogen) atoms. The van der Waals surface area contributed by atoms with Crippen molar-refractivity contribution in [2.45, 2.75) is 24.2 Å². The van der Waals surface area contributed by atoms with Crippen molar-refractivity contribution in [1.82, 2.24) is 4.31 Å². The quantitative estimate of drug-likeness (QED) is 0.574. The molecule has 1 heterocycles. The van der Waals surface area contributed by atoms with Gasteiger partial charge in [-0.3, -0.25) is 4.79 Å². The minimum Gasteiger partial charge on any atom is -0.504 e. The van der Waals surface area contributed by atoms with E-state index in [-0.39, 0.29) is 11.3 Å². The van der Waals surface area contributed by atoms with E-state index in [0.29, 0.717) is 24.3 Å². The van der Waals surface area contributed by atoms with Gasteiger partial charge < -0.3 is 20.6 Å². The standard InChI is InChI=1S/C18H20N2O6S/c21-15-8-12(9-16(22)18(15)24)10-17(23)19-13-4-3-5-14(11-13)27(25,26)20-6-1-2-7-20/h3-5,8-9,11,21-22,24H,1-2,6-7,10H2,(H,19,23). The molecule has 3 rings (SSSR count). The smallest absolute Gasteiger partial charge is 0.243 e. The minimum atomic E-state index is -3.58. The Morgan fingerprint density at radius 3 is 2.30 bits per heavy atom. The molecule has 2 aromatic carbocycles. The second-order valence-electron chi connectivity index (χ2n) is 6.35. The first-order chi connectivity index (χ1) is 12.8. The molecule has 0 aliphatic carbocycles. The zero-order chi connectivity index (χ0) is 19.6. The first-order valence-corrected chi connectivity index (χ1v) is 9.85. The Morgan fingerprint density at radius 2 is 1.67 bits per heavy atom. The van der Waals surface area contributed by atoms with Crippen LogP contribution in [0.15, 0.2) is 41.3 Å². The Kier molecular flexibility index (Phi) is 5.24. The van der Waals surface area contributed by atoms with Crippen molar-refractivity contribution in [1.29, 1.82) is 0 Å². The highest BCUT2D eigenvalue weighted by Gasteiger charge is 2.27. The van der Waals surface area contributed by atoms with Gasteiger partial charge in [0, 0.05) is 18.8 Å². The fourth-order valence-electron chi connectivity index (χ4n) is 2.97. The normalized spacial score (nSPS) is 15.0. The van der Waals surface area contributed by atoms with Crippen molar-refractivity contribution in [3.8, 4) is 17.2 Å². The average Bonchev–Trinajstić information content (AvgIpc) is 3.15. The van der Waals surface area contributed by atoms with Gasteiger partial charge in [0.15, 0.2) is 17.2 Å². The molecule has 0 unspecified atom stereocenters. The van der Waals surface area contributed by atoms with Gasteiger partial charge in [-0.05, 0) is 48.7 Å². The highest BCUT2D eigenvalue weighted by atomic mass is 32.2. The van der Waals surface area contributed by atoms with E-state index in [1.807, 2.05) is 0 Å². The summed E-state index contributed by atoms with van der Waals surface area (Å²) in [5, 5.41) is 30.9. The molecule has 4 N–H and O–H groups in total. The van der Waals surface area contributed by atoms with Gasteiger partial charge in [0.2, 0.25) is 15.9 Å². The van der Waals surface area contributed by atoms with Crippen LogP contribution >= 0.6 is 0 Å². The minimum absolute atomic E-state index is 0.113. The van der Waals surface area contributed by atoms with Crippen LogP contribution in [0.3, 0.4) is 0 Å². The molecule has 0 saturated carbocycles. The Balaban J connectivity index is 1.73. The van der Waals surface area contributed by atoms with E-state index in [1.54, 1.807) is 12.1 Å². The number of phenolic OH excluding ortho intramolecular Hbond substituents is 3. The van der Waals surface area contributed by atoms with Crippen LogP contribution in [0.25, 0.3) is 0 Å². The van der Waals surface area contributed by atoms with E-state index in [0.717, 1.165) is 12.8 Å². The monoisotopic (exact) mass is 392 g/mol. The highest BCUT2D eigenvalue weighted by molar-refractivity contribution is 7.89. The molecule has 9 heteroatoms. The van der Waals surface area contributed by atoms with Crippen LogP contribution in [0.5, 0.6) is 17.2 Å². The number of benzene rings is 2. The van der Waals surface area contributed by atoms with E-state index in [1.165, 1.54) is 28.6 Å². The lowest BCUT2D eigenvalue weighted by Crippen LogP contribution is -2.28. The summed E-state index contributed by atoms with van der Waals surface area (Å²) in [6.45, 7) is 0.986. The van der Waals surface area contributed by atoms with Crippen molar-refractivity contribution >= 4 is 21.6 Å². The van der Waals surface area contributed by atoms with E-state index in [2.05, 4.69) is 5.32 Å². The predicted molar refractivity (Wildman–Crippen MR) is 98.2 cm³/mol. The van der Waals surface area contributed by atoms with E-state index < -0.39 is 33.2 Å². The number of hydrogen-bond donors (Lipinski definition) is 4. The molecular weight excluding hydrogens is 372 g/mol. The Hall–Kier alpha value is -2.78. The summed E-state index contributed by atoms with van der Waals surface area (Å²) in [6.07, 6.45) is 1.49. The summed E-state index contributed by atoms with van der Waals surface area (Å²) in [4.78, 5) is 12.3. The maximum absolute atomic E-state index is 12.6. The summed E-state index contributed by atoms with van der Waals surface area (Å²) in [6, 6.07) is 8.35. The van der Waals surface area contributed by atoms with Crippen LogP contribution in [-0.4, -0.2) is 47.0 Å². The molecule has 1 fully saturated rings. The Morgan fingerprint density at radius 1 is 1.04 bits per heavy atom. The molecule has 0 radical (unpaired) electrons. The lowest BCUT2D eigenvalue weighted by molar-refractivity contribution is -0.115. The van der Waals surface area contributed by atoms with Crippen molar-refractivity contribution in [2.24, 2.45) is 0 Å². The molecule has 0 spiro atoms. The fraction of sp³-hybridized carbons (Fsp3) is 0.278. The molecule has 2 aromatic rings. The summed E-state index contributed by atoms with van der Waals surface area (Å²) < 4.78 is 26.6. The molecule has 1 amide bonds. The van der Waals surface area contributed by atoms with Crippen LogP contribution < -0.4 is 5.32 Å². The maximum Gasteiger partial charge on any atom is 0.243 e. The zero-order valence-electron chi connectivity index (χ0n) is 14.4. The van der Waals surface area contributed by atoms with Gasteiger partial charge in [-0.25, -0.2) is 8.42 Å². The summed E-state index contributed by atoms with van der Waals surface area (Å²) >= 11 is 0. The highest BCUT2D eigenvalue weighted by Crippen LogP contribution is 2.35. The average molecular weight is 392 g/mol. The number of sulfonamides is 1. The summed E-state index contributed by atoms with van der Waals surface area (Å²) in [5.41, 5.74) is 0.619. The van der Waals surface area contributed by atoms with Crippen molar-refractivity contribution in [3.63, 3.8) is 0 Å². The predicted octanol–water partition coefficient (Wildman–Crippen LogP) is 1.77. The van der Waals surface area contributed by atoms with Gasteiger partial charge in [-0.1, -0.05) is 6.07 Å². The summed E-state index contributed by atoms with van der Waals surface area (Å²) in [5.74, 6) is -2.18. The Labute approximate surface area is 156 Å². The number of carbonyl (C=O) groups is 1. The van der Waals surface area contributed by atoms with Crippen LogP contribution in [-0.2, 0) is 21.2 Å². The van der Waals surface area contributed by atoms with Crippen molar-refractivity contribution < 1.29 is 28.5 Å². The number of aromatic hydroxyl groups is 3. The zero-order valence-corrected chi connectivity index (χ0v) is 15.2. The number of rotatable bonds is 5. The number of carbonyl (C=O) groups excluding carboxylic acids is 1. The van der Waals surface area contributed by atoms with E-state index in [4.69, 9.17) is 0 Å². The number of nitrogens with zero attached hydrogens (tertiary/aromatic N) is 1. The lowest BCUT2D eigenvalue weighted by Gasteiger charge is -2.16. The third-order valence-electron chi connectivity index (χ3n) is 4.31. The number of anilines is 1. The van der Waals surface area contributed by atoms with Gasteiger partial charge in [0.1, 0.15) is 0 Å². The van der Waals surface area contributed by atoms with Crippen LogP contribution in [0, 0.1) is 0 Å². The number of amides is 1. The third-order valence-corrected chi connectivity index (χ3v) is 6.21. The van der Waals surface area contributed by atoms with Gasteiger partial charge in [0.25, 0.3) is 0 Å². The number of nitrogens with one attached hydrogen (secondary N) is 1. The first kappa shape index (κ1) is 19.0. The molecule has 1 aliphatic rings. The van der Waals surface area contributed by atoms with Gasteiger partial charge in [0.05, 0.1) is 11.3 Å². The topological polar surface area (TPSA) is 127 Å². The van der Waals surface area contributed by atoms with Crippen molar-refractivity contribution in [3.05, 3.63) is 42.0 Å². The molecule has 0 aromatic heterocycles. The van der Waals surface area contributed by atoms with Gasteiger partial charge in [-0.15, -0.1) is 0 Å². The largest absolute Gasteiger partial charge is 0.504 e. The van der Waals surface area contributed by atoms with Gasteiger partial charge >= 0.3 is 0 Å². The lowest BCUT2D eigenvalue weighted by atomic mass is 10.1. The molecule has 144 valence electrons.